The molecule has 0 bridgehead atoms. The zero-order valence-corrected chi connectivity index (χ0v) is 3.93. The minimum atomic E-state index is -1.19. The van der Waals surface area contributed by atoms with Crippen molar-refractivity contribution in [3.8, 4) is 0 Å². The average Bonchev–Trinajstić information content (AvgIpc) is 1.83. The third-order valence-electron chi connectivity index (χ3n) is 0.419. The van der Waals surface area contributed by atoms with Gasteiger partial charge in [0.05, 0.1) is 0 Å². The summed E-state index contributed by atoms with van der Waals surface area (Å²) in [5.74, 6) is -1.19. The van der Waals surface area contributed by atoms with E-state index in [1.807, 2.05) is 0 Å². The Balaban J connectivity index is 3.37. The van der Waals surface area contributed by atoms with Crippen molar-refractivity contribution in [1.29, 1.82) is 0 Å². The summed E-state index contributed by atoms with van der Waals surface area (Å²) in [5, 5.41) is 0. The molecule has 0 saturated heterocycles. The number of allylic oxidation sites excluding steroid dienone is 1. The van der Waals surface area contributed by atoms with Gasteiger partial charge in [0.1, 0.15) is 6.67 Å². The highest BCUT2D eigenvalue weighted by molar-refractivity contribution is 5.81. The minimum absolute atomic E-state index is 0.667. The van der Waals surface area contributed by atoms with Gasteiger partial charge in [-0.2, -0.15) is 0 Å². The molecule has 46 valence electrons. The summed E-state index contributed by atoms with van der Waals surface area (Å²) >= 11 is 0. The van der Waals surface area contributed by atoms with Gasteiger partial charge >= 0.3 is 5.97 Å². The Morgan fingerprint density at radius 1 is 1.75 bits per heavy atom. The molecule has 0 rings (SSSR count). The van der Waals surface area contributed by atoms with Gasteiger partial charge in [0.25, 0.3) is 0 Å². The average molecular weight is 122 g/mol. The second-order valence-corrected chi connectivity index (χ2v) is 0.953. The summed E-state index contributed by atoms with van der Waals surface area (Å²) < 4.78 is 21.8. The van der Waals surface area contributed by atoms with E-state index < -0.39 is 12.6 Å². The van der Waals surface area contributed by atoms with Crippen LogP contribution in [0, 0.1) is 0 Å². The molecule has 0 fully saturated rings. The van der Waals surface area contributed by atoms with E-state index >= 15 is 0 Å². The fraction of sp³-hybridized carbons (Fsp3) is 0.250. The van der Waals surface area contributed by atoms with Crippen molar-refractivity contribution >= 4 is 5.97 Å². The van der Waals surface area contributed by atoms with Crippen LogP contribution in [-0.2, 0) is 9.74 Å². The second kappa shape index (κ2) is 4.23. The predicted octanol–water partition coefficient (Wildman–Crippen LogP) is 0.940. The molecule has 0 radical (unpaired) electrons. The molecular weight excluding hydrogens is 118 g/mol. The van der Waals surface area contributed by atoms with Gasteiger partial charge in [0.2, 0.25) is 0 Å². The molecule has 4 heteroatoms. The monoisotopic (exact) mass is 122 g/mol. The van der Waals surface area contributed by atoms with Gasteiger partial charge in [-0.15, -0.1) is 0 Å². The largest absolute Gasteiger partial charge is 0.372 e. The number of hydrogen-bond acceptors (Lipinski definition) is 2. The molecule has 0 N–H and O–H groups in total. The summed E-state index contributed by atoms with van der Waals surface area (Å²) in [5.41, 5.74) is 0. The highest BCUT2D eigenvalue weighted by Crippen LogP contribution is 1.80. The maximum atomic E-state index is 11.1. The van der Waals surface area contributed by atoms with Crippen LogP contribution < -0.4 is 0 Å². The van der Waals surface area contributed by atoms with Crippen LogP contribution in [-0.4, -0.2) is 12.6 Å². The number of rotatable bonds is 2. The molecule has 0 heterocycles. The summed E-state index contributed by atoms with van der Waals surface area (Å²) in [6, 6.07) is 0. The summed E-state index contributed by atoms with van der Waals surface area (Å²) in [7, 11) is 0. The number of carbonyl (C=O) groups is 1. The normalized spacial score (nSPS) is 9.75. The van der Waals surface area contributed by atoms with E-state index in [0.29, 0.717) is 6.08 Å². The predicted molar refractivity (Wildman–Crippen MR) is 22.3 cm³/mol. The maximum Gasteiger partial charge on any atom is 0.372 e. The van der Waals surface area contributed by atoms with Crippen LogP contribution in [0.4, 0.5) is 8.92 Å². The molecule has 0 aromatic carbocycles. The van der Waals surface area contributed by atoms with Crippen molar-refractivity contribution in [2.45, 2.75) is 0 Å². The Labute approximate surface area is 44.7 Å². The van der Waals surface area contributed by atoms with Gasteiger partial charge in [-0.3, -0.25) is 4.94 Å². The van der Waals surface area contributed by atoms with Crippen LogP contribution in [0.5, 0.6) is 0 Å². The molecule has 0 aromatic rings. The SMILES string of the molecule is O=C(/C=C/CF)OF. The van der Waals surface area contributed by atoms with E-state index in [1.165, 1.54) is 0 Å². The van der Waals surface area contributed by atoms with Crippen LogP contribution in [0.3, 0.4) is 0 Å². The third kappa shape index (κ3) is 3.27. The van der Waals surface area contributed by atoms with Crippen LogP contribution >= 0.6 is 0 Å². The lowest BCUT2D eigenvalue weighted by atomic mass is 10.5. The van der Waals surface area contributed by atoms with Gasteiger partial charge in [0, 0.05) is 10.6 Å². The molecule has 0 saturated carbocycles. The van der Waals surface area contributed by atoms with Gasteiger partial charge in [-0.05, 0) is 6.08 Å². The zero-order chi connectivity index (χ0) is 6.41. The molecule has 0 atom stereocenters. The fourth-order valence-electron chi connectivity index (χ4n) is 0.166. The van der Waals surface area contributed by atoms with Crippen molar-refractivity contribution in [2.24, 2.45) is 0 Å². The number of alkyl halides is 1. The van der Waals surface area contributed by atoms with E-state index in [-0.39, 0.29) is 0 Å². The second-order valence-electron chi connectivity index (χ2n) is 0.953. The number of halogens is 2. The summed E-state index contributed by atoms with van der Waals surface area (Å²) in [4.78, 5) is 12.4. The summed E-state index contributed by atoms with van der Waals surface area (Å²) in [6.45, 7) is -0.797. The van der Waals surface area contributed by atoms with Gasteiger partial charge in [-0.1, -0.05) is 0 Å². The van der Waals surface area contributed by atoms with Crippen LogP contribution in [0.2, 0.25) is 0 Å². The van der Waals surface area contributed by atoms with E-state index in [9.17, 15) is 13.7 Å². The minimum Gasteiger partial charge on any atom is -0.250 e. The first-order chi connectivity index (χ1) is 3.81. The third-order valence-corrected chi connectivity index (χ3v) is 0.419. The van der Waals surface area contributed by atoms with E-state index in [0.717, 1.165) is 6.08 Å². The molecule has 2 nitrogen and oxygen atoms in total. The number of hydrogen-bond donors (Lipinski definition) is 0. The molecular formula is C4H4F2O2. The van der Waals surface area contributed by atoms with Crippen molar-refractivity contribution < 1.29 is 18.7 Å². The van der Waals surface area contributed by atoms with Crippen molar-refractivity contribution in [3.63, 3.8) is 0 Å². The quantitative estimate of drug-likeness (QED) is 0.509. The molecule has 0 aliphatic carbocycles. The molecule has 0 spiro atoms. The molecule has 0 aliphatic rings. The first kappa shape index (κ1) is 7.07. The van der Waals surface area contributed by atoms with Gasteiger partial charge in [0.15, 0.2) is 0 Å². The fourth-order valence-corrected chi connectivity index (χ4v) is 0.166. The maximum absolute atomic E-state index is 11.1. The first-order valence-corrected chi connectivity index (χ1v) is 1.86. The highest BCUT2D eigenvalue weighted by Gasteiger charge is 1.91. The molecule has 0 amide bonds. The van der Waals surface area contributed by atoms with Gasteiger partial charge < -0.3 is 0 Å². The van der Waals surface area contributed by atoms with E-state index in [2.05, 4.69) is 4.94 Å². The lowest BCUT2D eigenvalue weighted by Gasteiger charge is -1.78. The smallest absolute Gasteiger partial charge is 0.250 e. The molecule has 0 aliphatic heterocycles. The highest BCUT2D eigenvalue weighted by atomic mass is 19.3. The van der Waals surface area contributed by atoms with Gasteiger partial charge in [-0.25, -0.2) is 9.18 Å². The van der Waals surface area contributed by atoms with E-state index in [4.69, 9.17) is 0 Å². The molecule has 0 aromatic heterocycles. The number of carbonyl (C=O) groups excluding carboxylic acids is 1. The van der Waals surface area contributed by atoms with Crippen LogP contribution in [0.15, 0.2) is 12.2 Å². The topological polar surface area (TPSA) is 26.3 Å². The Kier molecular flexibility index (Phi) is 3.74. The van der Waals surface area contributed by atoms with Crippen molar-refractivity contribution in [1.82, 2.24) is 0 Å². The summed E-state index contributed by atoms with van der Waals surface area (Å²) in [6.07, 6.45) is 1.52. The Morgan fingerprint density at radius 3 is 2.75 bits per heavy atom. The molecule has 0 unspecified atom stereocenters. The van der Waals surface area contributed by atoms with E-state index in [1.54, 1.807) is 0 Å². The standard InChI is InChI=1S/C4H4F2O2/c5-3-1-2-4(7)8-6/h1-2H,3H2/b2-1+. The first-order valence-electron chi connectivity index (χ1n) is 1.86. The Hall–Kier alpha value is -0.930. The zero-order valence-electron chi connectivity index (χ0n) is 3.93. The molecule has 8 heavy (non-hydrogen) atoms. The van der Waals surface area contributed by atoms with Crippen molar-refractivity contribution in [2.75, 3.05) is 6.67 Å². The Bertz CT molecular complexity index is 100. The lowest BCUT2D eigenvalue weighted by molar-refractivity contribution is -0.176. The van der Waals surface area contributed by atoms with Crippen molar-refractivity contribution in [3.05, 3.63) is 12.2 Å². The Morgan fingerprint density at radius 2 is 2.38 bits per heavy atom. The van der Waals surface area contributed by atoms with Crippen LogP contribution in [0.25, 0.3) is 0 Å². The van der Waals surface area contributed by atoms with Crippen LogP contribution in [0.1, 0.15) is 0 Å². The lowest BCUT2D eigenvalue weighted by Crippen LogP contribution is -1.89.